The summed E-state index contributed by atoms with van der Waals surface area (Å²) in [6.45, 7) is 2.48. The molecule has 172 valence electrons. The maximum Gasteiger partial charge on any atom is 0.258 e. The summed E-state index contributed by atoms with van der Waals surface area (Å²) in [5.74, 6) is -0.283. The second kappa shape index (κ2) is 7.65. The van der Waals surface area contributed by atoms with Gasteiger partial charge >= 0.3 is 0 Å². The Bertz CT molecular complexity index is 1280. The number of carbonyl (C=O) groups excluding carboxylic acids is 1. The van der Waals surface area contributed by atoms with Gasteiger partial charge in [-0.2, -0.15) is 5.10 Å². The lowest BCUT2D eigenvalue weighted by Gasteiger charge is -2.32. The molecule has 0 saturated heterocycles. The molecular weight excluding hydrogens is 450 g/mol. The van der Waals surface area contributed by atoms with Crippen molar-refractivity contribution in [1.82, 2.24) is 19.5 Å². The number of hydrogen-bond acceptors (Lipinski definition) is 4. The summed E-state index contributed by atoms with van der Waals surface area (Å²) in [7, 11) is 0. The highest BCUT2D eigenvalue weighted by molar-refractivity contribution is 6.31. The predicted octanol–water partition coefficient (Wildman–Crippen LogP) is 4.89. The number of aryl methyl sites for hydroxylation is 1. The van der Waals surface area contributed by atoms with Crippen molar-refractivity contribution in [3.63, 3.8) is 0 Å². The molecule has 4 atom stereocenters. The van der Waals surface area contributed by atoms with Crippen LogP contribution >= 0.6 is 11.6 Å². The fourth-order valence-corrected chi connectivity index (χ4v) is 5.75. The van der Waals surface area contributed by atoms with Crippen LogP contribution < -0.4 is 4.74 Å². The zero-order valence-corrected chi connectivity index (χ0v) is 18.9. The van der Waals surface area contributed by atoms with Gasteiger partial charge in [-0.05, 0) is 56.6 Å². The number of halogens is 3. The maximum absolute atomic E-state index is 15.0. The van der Waals surface area contributed by atoms with E-state index >= 15 is 0 Å². The van der Waals surface area contributed by atoms with Gasteiger partial charge in [-0.25, -0.2) is 18.3 Å². The van der Waals surface area contributed by atoms with E-state index in [9.17, 15) is 13.6 Å². The molecule has 1 unspecified atom stereocenters. The fraction of sp³-hybridized carbons (Fsp3) is 0.458. The number of fused-ring (bicyclic) bond motifs is 5. The Labute approximate surface area is 194 Å². The molecule has 0 spiro atoms. The first-order valence-corrected chi connectivity index (χ1v) is 11.7. The maximum atomic E-state index is 15.0. The Morgan fingerprint density at radius 2 is 2.09 bits per heavy atom. The van der Waals surface area contributed by atoms with Crippen molar-refractivity contribution in [1.29, 1.82) is 0 Å². The summed E-state index contributed by atoms with van der Waals surface area (Å²) in [6.07, 6.45) is 3.20. The van der Waals surface area contributed by atoms with Gasteiger partial charge in [0.2, 0.25) is 0 Å². The van der Waals surface area contributed by atoms with Crippen LogP contribution in [0.25, 0.3) is 5.65 Å². The topological polar surface area (TPSA) is 59.7 Å². The molecule has 2 aliphatic carbocycles. The molecule has 2 aromatic heterocycles. The molecular formula is C24H23ClF2N4O2. The van der Waals surface area contributed by atoms with Crippen molar-refractivity contribution in [2.45, 2.75) is 58.0 Å². The second-order valence-corrected chi connectivity index (χ2v) is 9.84. The molecule has 3 heterocycles. The molecule has 6 nitrogen and oxygen atoms in total. The third-order valence-corrected chi connectivity index (χ3v) is 7.76. The van der Waals surface area contributed by atoms with E-state index in [1.807, 2.05) is 6.92 Å². The van der Waals surface area contributed by atoms with Crippen LogP contribution in [-0.2, 0) is 13.1 Å². The first-order valence-electron chi connectivity index (χ1n) is 11.3. The number of carbonyl (C=O) groups is 1. The van der Waals surface area contributed by atoms with E-state index in [-0.39, 0.29) is 23.1 Å². The van der Waals surface area contributed by atoms with Crippen LogP contribution in [0.4, 0.5) is 8.78 Å². The number of hydrogen-bond donors (Lipinski definition) is 0. The Kier molecular flexibility index (Phi) is 4.83. The highest BCUT2D eigenvalue weighted by Gasteiger charge is 2.44. The summed E-state index contributed by atoms with van der Waals surface area (Å²) >= 11 is 6.15. The number of alkyl halides is 1. The molecule has 0 radical (unpaired) electrons. The minimum atomic E-state index is -1.10. The zero-order valence-electron chi connectivity index (χ0n) is 18.1. The molecule has 6 rings (SSSR count). The van der Waals surface area contributed by atoms with Crippen LogP contribution in [0, 0.1) is 24.6 Å². The standard InChI is InChI=1S/C24H23ClF2N4O2/c1-12-18(25)9-28-23-17-10-30(11-19(17)29-31(12)23)24(32)16-5-4-15(26)8-20(16)33-21-7-13-2-3-14(6-13)22(21)27/h4-5,8-9,13-14,21-22H,2-3,6-7,10-11H2,1H3/t13-,14-,21-,22?/m1/s1. The number of rotatable bonds is 3. The molecule has 33 heavy (non-hydrogen) atoms. The average molecular weight is 473 g/mol. The lowest BCUT2D eigenvalue weighted by atomic mass is 9.85. The summed E-state index contributed by atoms with van der Waals surface area (Å²) < 4.78 is 36.7. The van der Waals surface area contributed by atoms with Gasteiger partial charge in [-0.3, -0.25) is 4.79 Å². The van der Waals surface area contributed by atoms with E-state index in [1.165, 1.54) is 18.2 Å². The first kappa shape index (κ1) is 20.8. The van der Waals surface area contributed by atoms with E-state index in [2.05, 4.69) is 10.1 Å². The van der Waals surface area contributed by atoms with Crippen LogP contribution in [0.3, 0.4) is 0 Å². The average Bonchev–Trinajstić information content (AvgIpc) is 3.48. The third-order valence-electron chi connectivity index (χ3n) is 7.39. The van der Waals surface area contributed by atoms with E-state index in [4.69, 9.17) is 16.3 Å². The molecule has 1 amide bonds. The smallest absolute Gasteiger partial charge is 0.258 e. The largest absolute Gasteiger partial charge is 0.486 e. The van der Waals surface area contributed by atoms with Gasteiger partial charge in [0, 0.05) is 17.8 Å². The van der Waals surface area contributed by atoms with Crippen LogP contribution in [0.2, 0.25) is 5.02 Å². The lowest BCUT2D eigenvalue weighted by molar-refractivity contribution is 0.0244. The SMILES string of the molecule is Cc1c(Cl)cnc2c3c(nn12)CN(C(=O)c1ccc(F)cc1O[C@@H]1C[C@@H]2CC[C@H](C2)C1F)C3. The van der Waals surface area contributed by atoms with Gasteiger partial charge in [0.25, 0.3) is 5.91 Å². The quantitative estimate of drug-likeness (QED) is 0.544. The van der Waals surface area contributed by atoms with Crippen molar-refractivity contribution in [2.75, 3.05) is 0 Å². The van der Waals surface area contributed by atoms with Crippen molar-refractivity contribution >= 4 is 23.2 Å². The van der Waals surface area contributed by atoms with Crippen molar-refractivity contribution in [3.05, 3.63) is 57.8 Å². The monoisotopic (exact) mass is 472 g/mol. The fourth-order valence-electron chi connectivity index (χ4n) is 5.62. The minimum absolute atomic E-state index is 0.00384. The summed E-state index contributed by atoms with van der Waals surface area (Å²) in [6, 6.07) is 3.84. The molecule has 9 heteroatoms. The molecule has 1 aliphatic heterocycles. The van der Waals surface area contributed by atoms with Crippen molar-refractivity contribution in [3.8, 4) is 5.75 Å². The normalized spacial score (nSPS) is 26.1. The third kappa shape index (κ3) is 3.38. The Hall–Kier alpha value is -2.74. The zero-order chi connectivity index (χ0) is 22.9. The van der Waals surface area contributed by atoms with Crippen LogP contribution in [0.5, 0.6) is 5.75 Å². The number of aromatic nitrogens is 3. The number of nitrogens with zero attached hydrogens (tertiary/aromatic N) is 4. The van der Waals surface area contributed by atoms with Gasteiger partial charge < -0.3 is 9.64 Å². The van der Waals surface area contributed by atoms with Gasteiger partial charge in [-0.1, -0.05) is 11.6 Å². The lowest BCUT2D eigenvalue weighted by Crippen LogP contribution is -2.38. The summed E-state index contributed by atoms with van der Waals surface area (Å²) in [5, 5.41) is 5.10. The highest BCUT2D eigenvalue weighted by Crippen LogP contribution is 2.45. The molecule has 3 aromatic rings. The van der Waals surface area contributed by atoms with E-state index < -0.39 is 18.1 Å². The Morgan fingerprint density at radius 1 is 1.24 bits per heavy atom. The molecule has 2 bridgehead atoms. The first-order chi connectivity index (χ1) is 15.9. The number of benzene rings is 1. The van der Waals surface area contributed by atoms with Gasteiger partial charge in [-0.15, -0.1) is 0 Å². The van der Waals surface area contributed by atoms with Crippen LogP contribution in [0.15, 0.2) is 24.4 Å². The van der Waals surface area contributed by atoms with Crippen molar-refractivity contribution in [2.24, 2.45) is 11.8 Å². The molecule has 3 aliphatic rings. The molecule has 2 fully saturated rings. The van der Waals surface area contributed by atoms with Crippen molar-refractivity contribution < 1.29 is 18.3 Å². The van der Waals surface area contributed by atoms with Gasteiger partial charge in [0.1, 0.15) is 23.8 Å². The minimum Gasteiger partial charge on any atom is -0.486 e. The highest BCUT2D eigenvalue weighted by atomic mass is 35.5. The summed E-state index contributed by atoms with van der Waals surface area (Å²) in [4.78, 5) is 19.4. The second-order valence-electron chi connectivity index (χ2n) is 9.43. The summed E-state index contributed by atoms with van der Waals surface area (Å²) in [5.41, 5.74) is 3.29. The van der Waals surface area contributed by atoms with E-state index in [0.717, 1.165) is 36.2 Å². The van der Waals surface area contributed by atoms with E-state index in [0.29, 0.717) is 36.1 Å². The molecule has 0 N–H and O–H groups in total. The molecule has 1 aromatic carbocycles. The predicted molar refractivity (Wildman–Crippen MR) is 117 cm³/mol. The number of ether oxygens (including phenoxy) is 1. The van der Waals surface area contributed by atoms with Crippen LogP contribution in [0.1, 0.15) is 53.0 Å². The molecule has 2 saturated carbocycles. The van der Waals surface area contributed by atoms with Gasteiger partial charge in [0.05, 0.1) is 35.1 Å². The Morgan fingerprint density at radius 3 is 2.94 bits per heavy atom. The Balaban J connectivity index is 1.27. The van der Waals surface area contributed by atoms with Gasteiger partial charge in [0.15, 0.2) is 5.65 Å². The number of amides is 1. The van der Waals surface area contributed by atoms with E-state index in [1.54, 1.807) is 15.6 Å². The van der Waals surface area contributed by atoms with Crippen LogP contribution in [-0.4, -0.2) is 37.7 Å².